The first kappa shape index (κ1) is 82.6. The number of nitrogens with zero attached hydrogens (tertiary/aromatic N) is 14. The van der Waals surface area contributed by atoms with Crippen LogP contribution < -0.4 is 42.3 Å². The molecular weight excluding hydrogens is 1700 g/mol. The van der Waals surface area contributed by atoms with Gasteiger partial charge < -0.3 is 18.6 Å². The molecule has 0 atom stereocenters. The Kier molecular flexibility index (Phi) is 18.9. The smallest absolute Gasteiger partial charge is 0.256 e. The molecule has 18 heteroatoms. The van der Waals surface area contributed by atoms with Gasteiger partial charge in [-0.25, -0.2) is 59.8 Å². The van der Waals surface area contributed by atoms with E-state index in [-0.39, 0.29) is 24.3 Å². The van der Waals surface area contributed by atoms with Crippen LogP contribution in [-0.2, 0) is 22.7 Å². The molecule has 4 aliphatic rings. The van der Waals surface area contributed by atoms with Gasteiger partial charge in [0.1, 0.15) is 23.0 Å². The SMILES string of the molecule is Cc1cc2c3c(c1)-n1c4ccc(-c5nc(-c6ccccc6)nc(-c6ccccc6)n5)cc4c4cc(-c5nc(-c6ccccc6)nc(-c6ccccc6)n5)cc(c41)B3c1ccc(C(C)(C)Cc3ccc(-c4nc(-c5ccccc5)nc(-c5cc6c7c(c5)c5cc(-c8nc(-c9ccccc9)nc(-c9ccccc9)n8)ccc5n7-c5cc(C(C)(C)C)cc7c5B6c5ccc(C(C)(C)C)cc5O7)n4)cc3)cc1O2. The van der Waals surface area contributed by atoms with Crippen LogP contribution in [0, 0.1) is 6.92 Å². The van der Waals surface area contributed by atoms with E-state index in [1.54, 1.807) is 0 Å². The maximum atomic E-state index is 7.44. The van der Waals surface area contributed by atoms with Crippen LogP contribution in [0.5, 0.6) is 23.0 Å². The van der Waals surface area contributed by atoms with E-state index >= 15 is 0 Å². The van der Waals surface area contributed by atoms with Crippen molar-refractivity contribution >= 4 is 89.8 Å². The lowest BCUT2D eigenvalue weighted by molar-refractivity contribution is 0.477. The minimum Gasteiger partial charge on any atom is -0.458 e. The van der Waals surface area contributed by atoms with E-state index in [4.69, 9.17) is 69.3 Å². The van der Waals surface area contributed by atoms with E-state index in [1.807, 2.05) is 152 Å². The molecule has 22 aromatic rings. The lowest BCUT2D eigenvalue weighted by atomic mass is 9.34. The van der Waals surface area contributed by atoms with Crippen molar-refractivity contribution in [1.29, 1.82) is 0 Å². The molecule has 0 unspecified atom stereocenters. The summed E-state index contributed by atoms with van der Waals surface area (Å²) in [6.07, 6.45) is 0.703. The average molecular weight is 1790 g/mol. The quantitative estimate of drug-likeness (QED) is 0.0883. The molecule has 0 amide bonds. The standard InChI is InChI=1S/C121H88B2N14O2/c1-70-57-97-103-101(58-70)138-100-67-85(52-54-92(100)122(103)93-63-82(117-132-111(76-39-25-14-26-40-76)126-112(133-117)77-41-27-15-28-42-77)61-89-87-59-80(49-55-95(87)136(97)105(89)93)115-128-107(72-31-17-10-18-32-72)124-108(129-115)73-33-19-11-20-34-73)121(8,9)69-71-45-47-79(48-46-71)114-127-113(78-43-29-16-30-44-78)134-118(135-114)83-62-90-88-60-81(116-130-109(74-35-21-12-22-36-74)125-110(131-116)75-37-23-13-24-38-75)50-56-96(88)137-98-65-86(120(5,6)7)68-102-104(98)123(94(64-83)106(90)137)91-53-51-84(119(2,3)4)66-99(91)139-102/h10-68H,69H2,1-9H3. The lowest BCUT2D eigenvalue weighted by Gasteiger charge is -2.36. The third kappa shape index (κ3) is 14.1. The first-order valence-corrected chi connectivity index (χ1v) is 47.5. The van der Waals surface area contributed by atoms with Crippen LogP contribution in [0.3, 0.4) is 0 Å². The molecule has 0 N–H and O–H groups in total. The fraction of sp³-hybridized carbons (Fsp3) is 0.107. The van der Waals surface area contributed by atoms with Crippen molar-refractivity contribution in [3.63, 3.8) is 0 Å². The van der Waals surface area contributed by atoms with Gasteiger partial charge in [-0.05, 0) is 175 Å². The van der Waals surface area contributed by atoms with E-state index in [2.05, 4.69) is 278 Å². The summed E-state index contributed by atoms with van der Waals surface area (Å²) in [7, 11) is 0. The first-order valence-electron chi connectivity index (χ1n) is 47.5. The summed E-state index contributed by atoms with van der Waals surface area (Å²) < 4.78 is 19.7. The van der Waals surface area contributed by atoms with Gasteiger partial charge in [0.05, 0.1) is 11.0 Å². The average Bonchev–Trinajstić information content (AvgIpc) is 1.54. The number of aromatic nitrogens is 14. The second-order valence-corrected chi connectivity index (χ2v) is 39.8. The highest BCUT2D eigenvalue weighted by molar-refractivity contribution is 7.00. The van der Waals surface area contributed by atoms with Gasteiger partial charge in [-0.2, -0.15) is 0 Å². The van der Waals surface area contributed by atoms with Gasteiger partial charge in [0.15, 0.2) is 69.9 Å². The van der Waals surface area contributed by atoms with Gasteiger partial charge >= 0.3 is 0 Å². The number of hydrogen-bond acceptors (Lipinski definition) is 14. The van der Waals surface area contributed by atoms with Crippen molar-refractivity contribution in [1.82, 2.24) is 68.9 Å². The summed E-state index contributed by atoms with van der Waals surface area (Å²) in [6, 6.07) is 126. The number of ether oxygens (including phenoxy) is 2. The molecule has 26 rings (SSSR count). The lowest BCUT2D eigenvalue weighted by Crippen LogP contribution is -2.58. The zero-order chi connectivity index (χ0) is 93.4. The minimum absolute atomic E-state index is 0.138. The molecule has 0 spiro atoms. The van der Waals surface area contributed by atoms with Crippen LogP contribution in [0.15, 0.2) is 358 Å². The van der Waals surface area contributed by atoms with Gasteiger partial charge in [0.25, 0.3) is 13.4 Å². The Morgan fingerprint density at radius 2 is 0.525 bits per heavy atom. The molecule has 0 bridgehead atoms. The van der Waals surface area contributed by atoms with Gasteiger partial charge in [0.2, 0.25) is 0 Å². The number of rotatable bonds is 15. The maximum absolute atomic E-state index is 7.44. The normalized spacial score (nSPS) is 12.8. The predicted octanol–water partition coefficient (Wildman–Crippen LogP) is 23.9. The third-order valence-electron chi connectivity index (χ3n) is 28.1. The van der Waals surface area contributed by atoms with E-state index in [0.29, 0.717) is 76.3 Å². The Labute approximate surface area is 804 Å². The van der Waals surface area contributed by atoms with Crippen LogP contribution in [0.2, 0.25) is 0 Å². The molecule has 0 saturated carbocycles. The summed E-state index contributed by atoms with van der Waals surface area (Å²) in [5, 5.41) is 4.11. The van der Waals surface area contributed by atoms with E-state index < -0.39 is 5.41 Å². The minimum atomic E-state index is -0.406. The van der Waals surface area contributed by atoms with Gasteiger partial charge in [0, 0.05) is 111 Å². The van der Waals surface area contributed by atoms with E-state index in [9.17, 15) is 0 Å². The molecule has 16 aromatic carbocycles. The zero-order valence-corrected chi connectivity index (χ0v) is 78.0. The fourth-order valence-corrected chi connectivity index (χ4v) is 21.1. The molecule has 0 radical (unpaired) electrons. The topological polar surface area (TPSA) is 183 Å². The highest BCUT2D eigenvalue weighted by Crippen LogP contribution is 2.47. The highest BCUT2D eigenvalue weighted by Gasteiger charge is 2.45. The van der Waals surface area contributed by atoms with Gasteiger partial charge in [-0.3, -0.25) is 0 Å². The number of aryl methyl sites for hydroxylation is 1. The molecule has 16 nitrogen and oxygen atoms in total. The molecule has 4 aliphatic heterocycles. The molecule has 139 heavy (non-hydrogen) atoms. The Hall–Kier alpha value is -17.1. The Balaban J connectivity index is 0.595. The third-order valence-corrected chi connectivity index (χ3v) is 28.1. The first-order chi connectivity index (χ1) is 67.7. The molecule has 6 aromatic heterocycles. The monoisotopic (exact) mass is 1790 g/mol. The largest absolute Gasteiger partial charge is 0.458 e. The second kappa shape index (κ2) is 31.8. The van der Waals surface area contributed by atoms with Crippen LogP contribution in [0.1, 0.15) is 83.2 Å². The Bertz CT molecular complexity index is 8660. The number of hydrogen-bond donors (Lipinski definition) is 0. The van der Waals surface area contributed by atoms with Crippen LogP contribution in [-0.4, -0.2) is 82.4 Å². The molecular formula is C121H88B2N14O2. The highest BCUT2D eigenvalue weighted by atomic mass is 16.5. The Morgan fingerprint density at radius 1 is 0.237 bits per heavy atom. The molecule has 0 aliphatic carbocycles. The van der Waals surface area contributed by atoms with Crippen LogP contribution in [0.4, 0.5) is 0 Å². The van der Waals surface area contributed by atoms with Crippen LogP contribution in [0.25, 0.3) is 192 Å². The van der Waals surface area contributed by atoms with Crippen LogP contribution >= 0.6 is 0 Å². The van der Waals surface area contributed by atoms with Crippen molar-refractivity contribution in [3.8, 4) is 171 Å². The molecule has 10 heterocycles. The van der Waals surface area contributed by atoms with E-state index in [1.165, 1.54) is 11.1 Å². The number of fused-ring (bicyclic) bond motifs is 14. The summed E-state index contributed by atoms with van der Waals surface area (Å²) in [5.74, 6) is 10.2. The maximum Gasteiger partial charge on any atom is 0.256 e. The summed E-state index contributed by atoms with van der Waals surface area (Å²) in [4.78, 5) is 63.9. The van der Waals surface area contributed by atoms with Crippen molar-refractivity contribution in [2.45, 2.75) is 85.0 Å². The van der Waals surface area contributed by atoms with Crippen molar-refractivity contribution in [2.24, 2.45) is 0 Å². The van der Waals surface area contributed by atoms with E-state index in [0.717, 1.165) is 194 Å². The Morgan fingerprint density at radius 3 is 0.878 bits per heavy atom. The van der Waals surface area contributed by atoms with Crippen molar-refractivity contribution in [2.75, 3.05) is 0 Å². The fourth-order valence-electron chi connectivity index (χ4n) is 21.1. The van der Waals surface area contributed by atoms with Gasteiger partial charge in [-0.1, -0.05) is 328 Å². The molecule has 0 fully saturated rings. The molecule has 660 valence electrons. The van der Waals surface area contributed by atoms with Gasteiger partial charge in [-0.15, -0.1) is 0 Å². The summed E-state index contributed by atoms with van der Waals surface area (Å²) in [6.45, 7) is 20.0. The summed E-state index contributed by atoms with van der Waals surface area (Å²) in [5.41, 5.74) is 28.4. The zero-order valence-electron chi connectivity index (χ0n) is 78.0. The molecule has 0 saturated heterocycles. The van der Waals surface area contributed by atoms with Crippen molar-refractivity contribution < 1.29 is 9.47 Å². The predicted molar refractivity (Wildman–Crippen MR) is 562 cm³/mol. The second-order valence-electron chi connectivity index (χ2n) is 39.8. The summed E-state index contributed by atoms with van der Waals surface area (Å²) >= 11 is 0. The number of benzene rings is 16. The van der Waals surface area contributed by atoms with Crippen molar-refractivity contribution in [3.05, 3.63) is 386 Å².